The number of aromatic hydroxyl groups is 1. The molecular weight excluding hydrogens is 633 g/mol. The first-order valence-electron chi connectivity index (χ1n) is 15.5. The van der Waals surface area contributed by atoms with Gasteiger partial charge in [0.05, 0.1) is 17.9 Å². The highest BCUT2D eigenvalue weighted by Gasteiger charge is 2.32. The van der Waals surface area contributed by atoms with Gasteiger partial charge >= 0.3 is 6.18 Å². The Labute approximate surface area is 272 Å². The Morgan fingerprint density at radius 3 is 2.54 bits per heavy atom. The summed E-state index contributed by atoms with van der Waals surface area (Å²) in [6.07, 6.45) is 0.619. The number of aromatic nitrogens is 5. The Morgan fingerprint density at radius 1 is 1.12 bits per heavy atom. The second-order valence-corrected chi connectivity index (χ2v) is 11.5. The summed E-state index contributed by atoms with van der Waals surface area (Å²) >= 11 is 0. The number of rotatable bonds is 7. The molecule has 0 aliphatic carbocycles. The fourth-order valence-electron chi connectivity index (χ4n) is 5.91. The fraction of sp³-hybridized carbons (Fsp3) is 0.375. The summed E-state index contributed by atoms with van der Waals surface area (Å²) in [5.74, 6) is -0.505. The second kappa shape index (κ2) is 13.0. The van der Waals surface area contributed by atoms with Gasteiger partial charge in [-0.05, 0) is 68.2 Å². The van der Waals surface area contributed by atoms with Gasteiger partial charge in [0.2, 0.25) is 17.5 Å². The molecule has 4 aromatic rings. The minimum atomic E-state index is -4.52. The Morgan fingerprint density at radius 2 is 1.90 bits per heavy atom. The molecule has 1 saturated heterocycles. The van der Waals surface area contributed by atoms with E-state index in [-0.39, 0.29) is 72.7 Å². The van der Waals surface area contributed by atoms with Crippen molar-refractivity contribution in [1.82, 2.24) is 29.0 Å². The monoisotopic (exact) mass is 666 g/mol. The number of fused-ring (bicyclic) bond motifs is 1. The third-order valence-corrected chi connectivity index (χ3v) is 8.32. The van der Waals surface area contributed by atoms with Gasteiger partial charge in [-0.1, -0.05) is 6.92 Å². The molecule has 13 nitrogen and oxygen atoms in total. The minimum Gasteiger partial charge on any atom is -0.505 e. The van der Waals surface area contributed by atoms with Gasteiger partial charge in [-0.15, -0.1) is 5.10 Å². The SMILES string of the molecule is CCc1c(N2CCN(C(=O)c3ncccc3O)CC2)c(=O)n2nc(C3=CCCCO3)nc2n1CC(=O)Nc1ccc(C(F)(F)F)cc1C. The summed E-state index contributed by atoms with van der Waals surface area (Å²) < 4.78 is 48.1. The number of hydrogen-bond acceptors (Lipinski definition) is 9. The van der Waals surface area contributed by atoms with Crippen molar-refractivity contribution < 1.29 is 32.6 Å². The van der Waals surface area contributed by atoms with Gasteiger partial charge in [-0.2, -0.15) is 22.7 Å². The van der Waals surface area contributed by atoms with Crippen molar-refractivity contribution in [3.8, 4) is 5.75 Å². The number of pyridine rings is 1. The predicted octanol–water partition coefficient (Wildman–Crippen LogP) is 3.63. The zero-order valence-corrected chi connectivity index (χ0v) is 26.3. The lowest BCUT2D eigenvalue weighted by molar-refractivity contribution is -0.137. The van der Waals surface area contributed by atoms with Crippen LogP contribution >= 0.6 is 0 Å². The average Bonchev–Trinajstić information content (AvgIpc) is 3.53. The van der Waals surface area contributed by atoms with Crippen molar-refractivity contribution in [3.05, 3.63) is 81.3 Å². The van der Waals surface area contributed by atoms with Crippen LogP contribution in [0.4, 0.5) is 24.5 Å². The first-order valence-corrected chi connectivity index (χ1v) is 15.5. The van der Waals surface area contributed by atoms with Gasteiger partial charge in [0.15, 0.2) is 11.5 Å². The summed E-state index contributed by atoms with van der Waals surface area (Å²) in [7, 11) is 0. The van der Waals surface area contributed by atoms with Crippen LogP contribution in [0.25, 0.3) is 11.5 Å². The van der Waals surface area contributed by atoms with Crippen molar-refractivity contribution >= 4 is 34.7 Å². The van der Waals surface area contributed by atoms with E-state index in [4.69, 9.17) is 4.74 Å². The van der Waals surface area contributed by atoms with Gasteiger partial charge in [-0.3, -0.25) is 14.4 Å². The number of alkyl halides is 3. The van der Waals surface area contributed by atoms with Crippen LogP contribution in [0.15, 0.2) is 47.4 Å². The third-order valence-electron chi connectivity index (χ3n) is 8.32. The number of aryl methyl sites for hydroxylation is 1. The number of allylic oxidation sites excluding steroid dienone is 1. The normalized spacial score (nSPS) is 15.3. The number of anilines is 2. The van der Waals surface area contributed by atoms with E-state index in [1.165, 1.54) is 31.3 Å². The number of hydrogen-bond donors (Lipinski definition) is 2. The molecule has 0 atom stereocenters. The quantitative estimate of drug-likeness (QED) is 0.302. The third kappa shape index (κ3) is 6.29. The number of benzene rings is 1. The number of carbonyl (C=O) groups excluding carboxylic acids is 2. The van der Waals surface area contributed by atoms with Crippen molar-refractivity contribution in [2.75, 3.05) is 43.0 Å². The number of carbonyl (C=O) groups is 2. The lowest BCUT2D eigenvalue weighted by atomic mass is 10.1. The van der Waals surface area contributed by atoms with E-state index >= 15 is 0 Å². The summed E-state index contributed by atoms with van der Waals surface area (Å²) in [5, 5.41) is 17.3. The maximum absolute atomic E-state index is 14.1. The Bertz CT molecular complexity index is 1980. The van der Waals surface area contributed by atoms with Gasteiger partial charge < -0.3 is 29.5 Å². The van der Waals surface area contributed by atoms with E-state index in [0.29, 0.717) is 24.5 Å². The number of nitrogens with one attached hydrogen (secondary N) is 1. The molecule has 2 aliphatic heterocycles. The fourth-order valence-corrected chi connectivity index (χ4v) is 5.91. The van der Waals surface area contributed by atoms with Crippen LogP contribution in [0.2, 0.25) is 0 Å². The molecule has 0 saturated carbocycles. The van der Waals surface area contributed by atoms with Crippen LogP contribution in [-0.2, 0) is 28.7 Å². The Balaban J connectivity index is 1.35. The van der Waals surface area contributed by atoms with E-state index in [9.17, 15) is 32.7 Å². The molecule has 0 radical (unpaired) electrons. The molecule has 2 amide bonds. The second-order valence-electron chi connectivity index (χ2n) is 11.5. The highest BCUT2D eigenvalue weighted by molar-refractivity contribution is 5.95. The smallest absolute Gasteiger partial charge is 0.416 e. The van der Waals surface area contributed by atoms with Crippen molar-refractivity contribution in [1.29, 1.82) is 0 Å². The lowest BCUT2D eigenvalue weighted by Gasteiger charge is -2.36. The molecule has 6 rings (SSSR count). The Kier molecular flexibility index (Phi) is 8.81. The number of nitrogens with zero attached hydrogens (tertiary/aromatic N) is 7. The average molecular weight is 667 g/mol. The van der Waals surface area contributed by atoms with Crippen molar-refractivity contribution in [2.45, 2.75) is 45.8 Å². The zero-order valence-electron chi connectivity index (χ0n) is 26.3. The van der Waals surface area contributed by atoms with Crippen LogP contribution < -0.4 is 15.8 Å². The van der Waals surface area contributed by atoms with Crippen molar-refractivity contribution in [2.24, 2.45) is 0 Å². The first-order chi connectivity index (χ1) is 23.0. The predicted molar refractivity (Wildman–Crippen MR) is 169 cm³/mol. The lowest BCUT2D eigenvalue weighted by Crippen LogP contribution is -2.51. The molecule has 1 aromatic carbocycles. The summed E-state index contributed by atoms with van der Waals surface area (Å²) in [4.78, 5) is 52.6. The molecule has 2 N–H and O–H groups in total. The van der Waals surface area contributed by atoms with Gasteiger partial charge in [0.25, 0.3) is 11.5 Å². The van der Waals surface area contributed by atoms with Gasteiger partial charge in [0, 0.05) is 38.1 Å². The molecule has 1 fully saturated rings. The minimum absolute atomic E-state index is 0.0624. The number of piperazine rings is 1. The molecule has 16 heteroatoms. The van der Waals surface area contributed by atoms with Gasteiger partial charge in [0.1, 0.15) is 18.0 Å². The van der Waals surface area contributed by atoms with E-state index in [1.54, 1.807) is 9.47 Å². The van der Waals surface area contributed by atoms with Crippen LogP contribution in [0.3, 0.4) is 0 Å². The number of ether oxygens (including phenoxy) is 1. The van der Waals surface area contributed by atoms with Crippen LogP contribution in [0.5, 0.6) is 5.75 Å². The molecule has 0 bridgehead atoms. The molecule has 0 spiro atoms. The summed E-state index contributed by atoms with van der Waals surface area (Å²) in [6.45, 7) is 4.43. The molecule has 252 valence electrons. The topological polar surface area (TPSA) is 147 Å². The first kappa shape index (κ1) is 32.5. The largest absolute Gasteiger partial charge is 0.505 e. The maximum atomic E-state index is 14.1. The number of halogens is 3. The Hall–Kier alpha value is -5.41. The van der Waals surface area contributed by atoms with Crippen LogP contribution in [0.1, 0.15) is 52.9 Å². The summed E-state index contributed by atoms with van der Waals surface area (Å²) in [5.41, 5.74) is -0.130. The van der Waals surface area contributed by atoms with Crippen LogP contribution in [-0.4, -0.2) is 78.8 Å². The molecule has 48 heavy (non-hydrogen) atoms. The highest BCUT2D eigenvalue weighted by Crippen LogP contribution is 2.32. The molecule has 3 aromatic heterocycles. The van der Waals surface area contributed by atoms with Crippen molar-refractivity contribution in [3.63, 3.8) is 0 Å². The highest BCUT2D eigenvalue weighted by atomic mass is 19.4. The molecule has 2 aliphatic rings. The van der Waals surface area contributed by atoms with E-state index in [1.807, 2.05) is 17.9 Å². The van der Waals surface area contributed by atoms with Gasteiger partial charge in [-0.25, -0.2) is 4.98 Å². The summed E-state index contributed by atoms with van der Waals surface area (Å²) in [6, 6.07) is 5.98. The standard InChI is InChI=1S/C32H33F3N8O5/c1-3-22-27(40-12-14-41(15-13-40)29(46)26-23(44)7-6-11-36-26)30(47)43-31(38-28(39-43)24-8-4-5-16-48-24)42(22)18-25(45)37-21-10-9-20(17-19(21)2)32(33,34)35/h6-11,17,44H,3-5,12-16,18H2,1-2H3,(H,37,45). The molecule has 0 unspecified atom stereocenters. The van der Waals surface area contributed by atoms with E-state index < -0.39 is 29.1 Å². The molecular formula is C32H33F3N8O5. The molecule has 5 heterocycles. The maximum Gasteiger partial charge on any atom is 0.416 e. The van der Waals surface area contributed by atoms with Crippen LogP contribution in [0, 0.1) is 6.92 Å². The zero-order chi connectivity index (χ0) is 34.2. The number of amides is 2. The van der Waals surface area contributed by atoms with E-state index in [2.05, 4.69) is 20.4 Å². The van der Waals surface area contributed by atoms with E-state index in [0.717, 1.165) is 29.5 Å².